The number of hydrogen-bond acceptors (Lipinski definition) is 5. The van der Waals surface area contributed by atoms with Crippen molar-refractivity contribution in [1.29, 1.82) is 0 Å². The van der Waals surface area contributed by atoms with E-state index in [1.807, 2.05) is 0 Å². The van der Waals surface area contributed by atoms with Gasteiger partial charge in [0.2, 0.25) is 5.91 Å². The summed E-state index contributed by atoms with van der Waals surface area (Å²) >= 11 is 0. The van der Waals surface area contributed by atoms with Crippen LogP contribution in [0.5, 0.6) is 0 Å². The largest absolute Gasteiger partial charge is 0.463 e. The van der Waals surface area contributed by atoms with Crippen molar-refractivity contribution in [2.24, 2.45) is 0 Å². The molecule has 0 unspecified atom stereocenters. The molecule has 0 aromatic carbocycles. The van der Waals surface area contributed by atoms with Gasteiger partial charge in [-0.05, 0) is 19.9 Å². The van der Waals surface area contributed by atoms with E-state index in [1.165, 1.54) is 6.08 Å². The van der Waals surface area contributed by atoms with Crippen molar-refractivity contribution >= 4 is 11.9 Å². The van der Waals surface area contributed by atoms with Crippen molar-refractivity contribution < 1.29 is 19.1 Å². The van der Waals surface area contributed by atoms with Crippen molar-refractivity contribution in [3.63, 3.8) is 0 Å². The van der Waals surface area contributed by atoms with E-state index in [4.69, 9.17) is 4.74 Å². The first-order chi connectivity index (χ1) is 9.22. The van der Waals surface area contributed by atoms with E-state index in [2.05, 4.69) is 15.0 Å². The molecular formula is C13H22N2O4. The fourth-order valence-corrected chi connectivity index (χ4v) is 1.73. The summed E-state index contributed by atoms with van der Waals surface area (Å²) in [4.78, 5) is 24.6. The van der Waals surface area contributed by atoms with Crippen LogP contribution in [0.2, 0.25) is 0 Å². The molecule has 6 nitrogen and oxygen atoms in total. The molecule has 0 spiro atoms. The number of amides is 1. The van der Waals surface area contributed by atoms with Gasteiger partial charge in [0.05, 0.1) is 19.8 Å². The van der Waals surface area contributed by atoms with E-state index in [1.54, 1.807) is 6.92 Å². The Morgan fingerprint density at radius 1 is 1.32 bits per heavy atom. The average Bonchev–Trinajstić information content (AvgIpc) is 2.43. The zero-order valence-corrected chi connectivity index (χ0v) is 11.4. The third-order valence-electron chi connectivity index (χ3n) is 2.71. The highest BCUT2D eigenvalue weighted by molar-refractivity contribution is 5.94. The van der Waals surface area contributed by atoms with Crippen LogP contribution in [0.1, 0.15) is 13.3 Å². The number of hydrogen-bond donors (Lipinski definition) is 1. The Kier molecular flexibility index (Phi) is 7.84. The molecule has 1 saturated heterocycles. The Morgan fingerprint density at radius 2 is 2.05 bits per heavy atom. The third kappa shape index (κ3) is 7.58. The summed E-state index contributed by atoms with van der Waals surface area (Å²) in [6, 6.07) is 0. The molecule has 0 radical (unpaired) electrons. The van der Waals surface area contributed by atoms with Gasteiger partial charge in [-0.2, -0.15) is 0 Å². The molecule has 19 heavy (non-hydrogen) atoms. The Bertz CT molecular complexity index is 312. The van der Waals surface area contributed by atoms with Gasteiger partial charge in [-0.25, -0.2) is 4.79 Å². The quantitative estimate of drug-likeness (QED) is 0.399. The zero-order valence-electron chi connectivity index (χ0n) is 11.4. The van der Waals surface area contributed by atoms with Gasteiger partial charge in [-0.15, -0.1) is 0 Å². The van der Waals surface area contributed by atoms with Crippen LogP contribution in [0.15, 0.2) is 12.2 Å². The van der Waals surface area contributed by atoms with Crippen LogP contribution < -0.4 is 5.32 Å². The number of rotatable bonds is 7. The fraction of sp³-hybridized carbons (Fsp3) is 0.692. The number of carbonyl (C=O) groups is 2. The monoisotopic (exact) mass is 270 g/mol. The molecule has 0 atom stereocenters. The molecule has 1 fully saturated rings. The van der Waals surface area contributed by atoms with Crippen molar-refractivity contribution in [1.82, 2.24) is 10.2 Å². The molecule has 1 amide bonds. The van der Waals surface area contributed by atoms with Crippen molar-refractivity contribution in [2.75, 3.05) is 46.0 Å². The number of carbonyl (C=O) groups excluding carboxylic acids is 2. The molecule has 0 aromatic rings. The van der Waals surface area contributed by atoms with Gasteiger partial charge in [0.15, 0.2) is 0 Å². The van der Waals surface area contributed by atoms with Gasteiger partial charge in [0.1, 0.15) is 0 Å². The van der Waals surface area contributed by atoms with Crippen molar-refractivity contribution in [3.8, 4) is 0 Å². The van der Waals surface area contributed by atoms with Gasteiger partial charge < -0.3 is 14.8 Å². The Morgan fingerprint density at radius 3 is 2.74 bits per heavy atom. The van der Waals surface area contributed by atoms with Crippen LogP contribution in [0.25, 0.3) is 0 Å². The SMILES string of the molecule is CCOC(=O)/C=C/C(=O)NCCCN1CCOCC1. The normalized spacial score (nSPS) is 16.5. The lowest BCUT2D eigenvalue weighted by atomic mass is 10.3. The lowest BCUT2D eigenvalue weighted by molar-refractivity contribution is -0.137. The van der Waals surface area contributed by atoms with Crippen molar-refractivity contribution in [3.05, 3.63) is 12.2 Å². The summed E-state index contributed by atoms with van der Waals surface area (Å²) < 4.78 is 9.93. The lowest BCUT2D eigenvalue weighted by Gasteiger charge is -2.26. The highest BCUT2D eigenvalue weighted by Crippen LogP contribution is 1.97. The van der Waals surface area contributed by atoms with E-state index >= 15 is 0 Å². The predicted octanol–water partition coefficient (Wildman–Crippen LogP) is -0.0558. The number of esters is 1. The van der Waals surface area contributed by atoms with Crippen LogP contribution in [0.4, 0.5) is 0 Å². The molecule has 1 N–H and O–H groups in total. The third-order valence-corrected chi connectivity index (χ3v) is 2.71. The molecule has 1 aliphatic heterocycles. The molecule has 6 heteroatoms. The number of morpholine rings is 1. The van der Waals surface area contributed by atoms with Crippen LogP contribution >= 0.6 is 0 Å². The van der Waals surface area contributed by atoms with E-state index in [-0.39, 0.29) is 5.91 Å². The molecule has 108 valence electrons. The maximum atomic E-state index is 11.4. The summed E-state index contributed by atoms with van der Waals surface area (Å²) in [6.45, 7) is 7.06. The minimum atomic E-state index is -0.494. The van der Waals surface area contributed by atoms with Crippen LogP contribution in [0.3, 0.4) is 0 Å². The molecule has 0 aliphatic carbocycles. The smallest absolute Gasteiger partial charge is 0.330 e. The van der Waals surface area contributed by atoms with Crippen LogP contribution in [-0.2, 0) is 19.1 Å². The number of nitrogens with zero attached hydrogens (tertiary/aromatic N) is 1. The predicted molar refractivity (Wildman–Crippen MR) is 70.7 cm³/mol. The lowest BCUT2D eigenvalue weighted by Crippen LogP contribution is -2.38. The Hall–Kier alpha value is -1.40. The van der Waals surface area contributed by atoms with E-state index in [0.717, 1.165) is 45.3 Å². The maximum absolute atomic E-state index is 11.4. The summed E-state index contributed by atoms with van der Waals surface area (Å²) in [5.74, 6) is -0.763. The van der Waals surface area contributed by atoms with E-state index < -0.39 is 5.97 Å². The van der Waals surface area contributed by atoms with E-state index in [0.29, 0.717) is 13.2 Å². The van der Waals surface area contributed by atoms with Crippen LogP contribution in [-0.4, -0.2) is 62.8 Å². The minimum absolute atomic E-state index is 0.268. The topological polar surface area (TPSA) is 67.9 Å². The Balaban J connectivity index is 2.04. The number of nitrogens with one attached hydrogen (secondary N) is 1. The van der Waals surface area contributed by atoms with Crippen LogP contribution in [0, 0.1) is 0 Å². The second-order valence-corrected chi connectivity index (χ2v) is 4.18. The van der Waals surface area contributed by atoms with Crippen molar-refractivity contribution in [2.45, 2.75) is 13.3 Å². The highest BCUT2D eigenvalue weighted by atomic mass is 16.5. The summed E-state index contributed by atoms with van der Waals surface area (Å²) in [5.41, 5.74) is 0. The highest BCUT2D eigenvalue weighted by Gasteiger charge is 2.09. The second kappa shape index (κ2) is 9.52. The van der Waals surface area contributed by atoms with Gasteiger partial charge in [0.25, 0.3) is 0 Å². The molecule has 0 aromatic heterocycles. The average molecular weight is 270 g/mol. The van der Waals surface area contributed by atoms with Gasteiger partial charge in [-0.3, -0.25) is 9.69 Å². The molecule has 1 heterocycles. The van der Waals surface area contributed by atoms with Gasteiger partial charge in [0, 0.05) is 31.8 Å². The molecule has 1 aliphatic rings. The second-order valence-electron chi connectivity index (χ2n) is 4.18. The molecule has 0 saturated carbocycles. The maximum Gasteiger partial charge on any atom is 0.330 e. The summed E-state index contributed by atoms with van der Waals surface area (Å²) in [5, 5.41) is 2.73. The first kappa shape index (κ1) is 15.7. The van der Waals surface area contributed by atoms with Gasteiger partial charge >= 0.3 is 5.97 Å². The molecule has 0 bridgehead atoms. The molecule has 1 rings (SSSR count). The standard InChI is InChI=1S/C13H22N2O4/c1-2-19-13(17)5-4-12(16)14-6-3-7-15-8-10-18-11-9-15/h4-5H,2-3,6-11H2,1H3,(H,14,16)/b5-4+. The number of ether oxygens (including phenoxy) is 2. The molecular weight excluding hydrogens is 248 g/mol. The van der Waals surface area contributed by atoms with E-state index in [9.17, 15) is 9.59 Å². The zero-order chi connectivity index (χ0) is 13.9. The summed E-state index contributed by atoms with van der Waals surface area (Å²) in [6.07, 6.45) is 3.23. The first-order valence-electron chi connectivity index (χ1n) is 6.65. The van der Waals surface area contributed by atoms with Gasteiger partial charge in [-0.1, -0.05) is 0 Å². The summed E-state index contributed by atoms with van der Waals surface area (Å²) in [7, 11) is 0. The fourth-order valence-electron chi connectivity index (χ4n) is 1.73. The first-order valence-corrected chi connectivity index (χ1v) is 6.65. The Labute approximate surface area is 113 Å². The minimum Gasteiger partial charge on any atom is -0.463 e.